The van der Waals surface area contributed by atoms with E-state index in [0.29, 0.717) is 60.7 Å². The maximum Gasteiger partial charge on any atom is 0.259 e. The number of nitrogens with two attached hydrogens (primary N) is 3. The largest absolute Gasteiger partial charge is 0.506 e. The number of carbonyl (C=O) groups is 1. The molecule has 1 aromatic heterocycles. The number of aliphatic hydroxyl groups is 1. The summed E-state index contributed by atoms with van der Waals surface area (Å²) in [6, 6.07) is 17.3. The number of piperidine rings is 1. The lowest BCUT2D eigenvalue weighted by Crippen LogP contribution is -2.53. The molecule has 3 heterocycles. The molecule has 0 unspecified atom stereocenters. The molecule has 0 spiro atoms. The van der Waals surface area contributed by atoms with Crippen molar-refractivity contribution in [3.63, 3.8) is 0 Å². The van der Waals surface area contributed by atoms with Crippen LogP contribution in [-0.2, 0) is 0 Å². The monoisotopic (exact) mass is 620 g/mol. The summed E-state index contributed by atoms with van der Waals surface area (Å²) in [5, 5.41) is 28.6. The number of benzene rings is 3. The zero-order chi connectivity index (χ0) is 30.1. The molecular formula is C30H37ClN10O3. The van der Waals surface area contributed by atoms with Crippen LogP contribution in [0.25, 0.3) is 10.8 Å². The van der Waals surface area contributed by atoms with E-state index in [2.05, 4.69) is 20.6 Å². The van der Waals surface area contributed by atoms with Gasteiger partial charge < -0.3 is 47.8 Å². The third-order valence-corrected chi connectivity index (χ3v) is 7.96. The molecule has 2 aliphatic rings. The van der Waals surface area contributed by atoms with Gasteiger partial charge in [-0.25, -0.2) is 0 Å². The third kappa shape index (κ3) is 6.47. The Morgan fingerprint density at radius 2 is 1.61 bits per heavy atom. The number of phenols is 1. The van der Waals surface area contributed by atoms with Crippen LogP contribution in [0.1, 0.15) is 23.2 Å². The quantitative estimate of drug-likeness (QED) is 0.158. The fourth-order valence-electron chi connectivity index (χ4n) is 5.79. The first kappa shape index (κ1) is 31.2. The average Bonchev–Trinajstić information content (AvgIpc) is 3.38. The number of rotatable bonds is 7. The Kier molecular flexibility index (Phi) is 9.32. The molecule has 0 bridgehead atoms. The Labute approximate surface area is 260 Å². The van der Waals surface area contributed by atoms with Gasteiger partial charge in [0.1, 0.15) is 5.75 Å². The van der Waals surface area contributed by atoms with Crippen LogP contribution in [-0.4, -0.2) is 81.5 Å². The van der Waals surface area contributed by atoms with Crippen LogP contribution in [0, 0.1) is 0 Å². The van der Waals surface area contributed by atoms with Crippen molar-refractivity contribution in [3.8, 4) is 5.75 Å². The number of hydrogen-bond donors (Lipinski definition) is 7. The summed E-state index contributed by atoms with van der Waals surface area (Å²) < 4.78 is 0. The Morgan fingerprint density at radius 1 is 0.932 bits per heavy atom. The summed E-state index contributed by atoms with van der Waals surface area (Å²) in [5.41, 5.74) is 19.9. The predicted molar refractivity (Wildman–Crippen MR) is 174 cm³/mol. The van der Waals surface area contributed by atoms with Crippen LogP contribution in [0.3, 0.4) is 0 Å². The number of carbonyl (C=O) groups excluding carboxylic acids is 1. The SMILES string of the molecule is Cl.NC[C@@H]1[C@H](O)CCN1c1nc(Nc2ccc(NC(=O)c3ccc4ccccc4c3O)cc2)nc(N2C[C@H](N)C[C@H](N)C2)n1. The average molecular weight is 621 g/mol. The third-order valence-electron chi connectivity index (χ3n) is 7.96. The highest BCUT2D eigenvalue weighted by molar-refractivity contribution is 6.09. The van der Waals surface area contributed by atoms with Crippen LogP contribution >= 0.6 is 12.4 Å². The molecule has 1 amide bonds. The van der Waals surface area contributed by atoms with Crippen molar-refractivity contribution >= 4 is 58.3 Å². The van der Waals surface area contributed by atoms with Crippen LogP contribution in [0.2, 0.25) is 0 Å². The first-order valence-electron chi connectivity index (χ1n) is 14.3. The molecule has 0 radical (unpaired) electrons. The summed E-state index contributed by atoms with van der Waals surface area (Å²) >= 11 is 0. The number of hydrogen-bond acceptors (Lipinski definition) is 12. The van der Waals surface area contributed by atoms with Crippen molar-refractivity contribution in [2.75, 3.05) is 46.6 Å². The van der Waals surface area contributed by atoms with Gasteiger partial charge in [0.05, 0.1) is 17.7 Å². The highest BCUT2D eigenvalue weighted by Crippen LogP contribution is 2.30. The van der Waals surface area contributed by atoms with Gasteiger partial charge in [0, 0.05) is 55.0 Å². The normalized spacial score (nSPS) is 21.6. The van der Waals surface area contributed by atoms with E-state index in [1.54, 1.807) is 42.5 Å². The van der Waals surface area contributed by atoms with Crippen molar-refractivity contribution in [1.29, 1.82) is 0 Å². The van der Waals surface area contributed by atoms with Gasteiger partial charge >= 0.3 is 0 Å². The van der Waals surface area contributed by atoms with Gasteiger partial charge in [0.25, 0.3) is 5.91 Å². The van der Waals surface area contributed by atoms with E-state index >= 15 is 0 Å². The summed E-state index contributed by atoms with van der Waals surface area (Å²) in [6.45, 7) is 1.93. The van der Waals surface area contributed by atoms with Crippen molar-refractivity contribution in [2.45, 2.75) is 37.1 Å². The number of phenolic OH excluding ortho intramolecular Hbond substituents is 1. The number of nitrogens with one attached hydrogen (secondary N) is 2. The fraction of sp³-hybridized carbons (Fsp3) is 0.333. The molecule has 6 rings (SSSR count). The maximum absolute atomic E-state index is 13.0. The molecule has 4 atom stereocenters. The van der Waals surface area contributed by atoms with Crippen LogP contribution in [0.5, 0.6) is 5.75 Å². The molecule has 0 saturated carbocycles. The number of aromatic nitrogens is 3. The number of halogens is 1. The van der Waals surface area contributed by atoms with Crippen LogP contribution in [0.15, 0.2) is 60.7 Å². The lowest BCUT2D eigenvalue weighted by atomic mass is 10.0. The van der Waals surface area contributed by atoms with E-state index in [1.165, 1.54) is 0 Å². The number of nitrogens with zero attached hydrogens (tertiary/aromatic N) is 5. The van der Waals surface area contributed by atoms with Gasteiger partial charge in [-0.2, -0.15) is 15.0 Å². The molecule has 4 aromatic rings. The van der Waals surface area contributed by atoms with E-state index in [0.717, 1.165) is 11.8 Å². The topological polar surface area (TPSA) is 205 Å². The number of fused-ring (bicyclic) bond motifs is 1. The van der Waals surface area contributed by atoms with Crippen molar-refractivity contribution < 1.29 is 15.0 Å². The van der Waals surface area contributed by atoms with E-state index in [4.69, 9.17) is 22.2 Å². The number of aromatic hydroxyl groups is 1. The fourth-order valence-corrected chi connectivity index (χ4v) is 5.79. The molecule has 3 aromatic carbocycles. The summed E-state index contributed by atoms with van der Waals surface area (Å²) in [5.74, 6) is 0.674. The molecule has 10 N–H and O–H groups in total. The van der Waals surface area contributed by atoms with Gasteiger partial charge in [-0.15, -0.1) is 12.4 Å². The Morgan fingerprint density at radius 3 is 2.34 bits per heavy atom. The van der Waals surface area contributed by atoms with Crippen LogP contribution < -0.4 is 37.6 Å². The molecule has 44 heavy (non-hydrogen) atoms. The molecule has 2 fully saturated rings. The molecule has 13 nitrogen and oxygen atoms in total. The molecular weight excluding hydrogens is 584 g/mol. The maximum atomic E-state index is 13.0. The van der Waals surface area contributed by atoms with Gasteiger partial charge in [-0.3, -0.25) is 4.79 Å². The molecule has 2 saturated heterocycles. The zero-order valence-electron chi connectivity index (χ0n) is 24.0. The highest BCUT2D eigenvalue weighted by Gasteiger charge is 2.35. The lowest BCUT2D eigenvalue weighted by Gasteiger charge is -2.35. The van der Waals surface area contributed by atoms with Gasteiger partial charge in [-0.1, -0.05) is 30.3 Å². The van der Waals surface area contributed by atoms with E-state index in [-0.39, 0.29) is 48.4 Å². The van der Waals surface area contributed by atoms with Crippen molar-refractivity contribution in [2.24, 2.45) is 17.2 Å². The van der Waals surface area contributed by atoms with E-state index in [1.807, 2.05) is 28.0 Å². The smallest absolute Gasteiger partial charge is 0.259 e. The Bertz CT molecular complexity index is 1620. The molecule has 0 aliphatic carbocycles. The first-order chi connectivity index (χ1) is 20.8. The molecule has 2 aliphatic heterocycles. The highest BCUT2D eigenvalue weighted by atomic mass is 35.5. The Hall–Kier alpha value is -4.27. The van der Waals surface area contributed by atoms with Crippen molar-refractivity contribution in [3.05, 3.63) is 66.2 Å². The van der Waals surface area contributed by atoms with E-state index in [9.17, 15) is 15.0 Å². The lowest BCUT2D eigenvalue weighted by molar-refractivity contribution is 0.102. The first-order valence-corrected chi connectivity index (χ1v) is 14.3. The summed E-state index contributed by atoms with van der Waals surface area (Å²) in [6.07, 6.45) is 0.712. The van der Waals surface area contributed by atoms with E-state index < -0.39 is 12.0 Å². The molecule has 232 valence electrons. The second-order valence-corrected chi connectivity index (χ2v) is 11.1. The summed E-state index contributed by atoms with van der Waals surface area (Å²) in [4.78, 5) is 30.9. The number of amides is 1. The zero-order valence-corrected chi connectivity index (χ0v) is 24.8. The summed E-state index contributed by atoms with van der Waals surface area (Å²) in [7, 11) is 0. The van der Waals surface area contributed by atoms with Crippen molar-refractivity contribution in [1.82, 2.24) is 15.0 Å². The minimum absolute atomic E-state index is 0. The van der Waals surface area contributed by atoms with Crippen LogP contribution in [0.4, 0.5) is 29.2 Å². The second-order valence-electron chi connectivity index (χ2n) is 11.1. The minimum atomic E-state index is -0.572. The standard InChI is InChI=1S/C30H36N10O3.ClH/c31-14-24-25(41)11-12-40(24)30-37-28(36-29(38-30)39-15-18(32)13-19(33)16-39)35-21-8-6-20(7-9-21)34-27(43)23-10-5-17-3-1-2-4-22(17)26(23)42;/h1-10,18-19,24-25,41-42H,11-16,31-33H2,(H,34,43)(H,35,36,37,38);1H/t18-,19+,24-,25-;/m1./s1. The minimum Gasteiger partial charge on any atom is -0.506 e. The van der Waals surface area contributed by atoms with Gasteiger partial charge in [-0.05, 0) is 48.6 Å². The number of aliphatic hydroxyl groups excluding tert-OH is 1. The van der Waals surface area contributed by atoms with Gasteiger partial charge in [0.15, 0.2) is 0 Å². The number of anilines is 5. The predicted octanol–water partition coefficient (Wildman–Crippen LogP) is 1.91. The van der Waals surface area contributed by atoms with Gasteiger partial charge in [0.2, 0.25) is 17.8 Å². The Balaban J connectivity index is 0.00000384. The second kappa shape index (κ2) is 13.2. The molecule has 14 heteroatoms.